The second-order valence-corrected chi connectivity index (χ2v) is 7.79. The molecule has 0 aliphatic heterocycles. The van der Waals surface area contributed by atoms with Crippen LogP contribution < -0.4 is 5.32 Å². The van der Waals surface area contributed by atoms with Crippen LogP contribution in [0.15, 0.2) is 59.5 Å². The normalized spacial score (nSPS) is 12.8. The van der Waals surface area contributed by atoms with Crippen LogP contribution in [0.2, 0.25) is 0 Å². The van der Waals surface area contributed by atoms with E-state index in [0.29, 0.717) is 12.1 Å². The summed E-state index contributed by atoms with van der Waals surface area (Å²) in [7, 11) is -2.17. The number of nitrogens with zero attached hydrogens (tertiary/aromatic N) is 1. The van der Waals surface area contributed by atoms with Gasteiger partial charge in [-0.3, -0.25) is 4.79 Å². The van der Waals surface area contributed by atoms with Gasteiger partial charge in [-0.25, -0.2) is 12.7 Å². The highest BCUT2D eigenvalue weighted by Gasteiger charge is 2.21. The quantitative estimate of drug-likeness (QED) is 0.792. The minimum atomic E-state index is -3.65. The maximum Gasteiger partial charge on any atom is 0.242 e. The largest absolute Gasteiger partial charge is 0.388 e. The number of hydrogen-bond donors (Lipinski definition) is 2. The number of carbonyl (C=O) groups excluding carboxylic acids is 1. The number of nitrogens with one attached hydrogen (secondary N) is 1. The molecule has 0 spiro atoms. The molecule has 0 saturated carbocycles. The van der Waals surface area contributed by atoms with Crippen LogP contribution in [-0.2, 0) is 14.8 Å². The van der Waals surface area contributed by atoms with Gasteiger partial charge < -0.3 is 10.4 Å². The molecule has 0 bridgehead atoms. The molecule has 0 aliphatic rings. The van der Waals surface area contributed by atoms with E-state index in [1.54, 1.807) is 24.3 Å². The lowest BCUT2D eigenvalue weighted by Gasteiger charge is -2.19. The zero-order chi connectivity index (χ0) is 18.4. The van der Waals surface area contributed by atoms with Crippen LogP contribution in [0, 0.1) is 0 Å². The van der Waals surface area contributed by atoms with Crippen molar-refractivity contribution in [2.45, 2.75) is 24.3 Å². The van der Waals surface area contributed by atoms with Gasteiger partial charge in [-0.15, -0.1) is 0 Å². The van der Waals surface area contributed by atoms with Crippen LogP contribution in [0.25, 0.3) is 0 Å². The Labute approximate surface area is 148 Å². The molecule has 7 heteroatoms. The van der Waals surface area contributed by atoms with Gasteiger partial charge in [0.05, 0.1) is 11.0 Å². The molecule has 2 aromatic rings. The number of carbonyl (C=O) groups is 1. The molecular weight excluding hydrogens is 340 g/mol. The first-order valence-electron chi connectivity index (χ1n) is 7.87. The highest BCUT2D eigenvalue weighted by molar-refractivity contribution is 7.89. The molecule has 0 saturated heterocycles. The summed E-state index contributed by atoms with van der Waals surface area (Å²) in [5.74, 6) is -0.220. The van der Waals surface area contributed by atoms with Gasteiger partial charge in [0.1, 0.15) is 0 Å². The molecule has 2 aromatic carbocycles. The van der Waals surface area contributed by atoms with Crippen molar-refractivity contribution in [2.75, 3.05) is 18.9 Å². The topological polar surface area (TPSA) is 86.7 Å². The Morgan fingerprint density at radius 2 is 1.72 bits per heavy atom. The predicted octanol–water partition coefficient (Wildman–Crippen LogP) is 2.39. The lowest BCUT2D eigenvalue weighted by molar-refractivity contribution is -0.114. The zero-order valence-electron chi connectivity index (χ0n) is 14.2. The maximum atomic E-state index is 12.6. The van der Waals surface area contributed by atoms with Gasteiger partial charge >= 0.3 is 0 Å². The highest BCUT2D eigenvalue weighted by atomic mass is 32.2. The molecule has 134 valence electrons. The van der Waals surface area contributed by atoms with Gasteiger partial charge in [0.15, 0.2) is 0 Å². The molecule has 0 radical (unpaired) electrons. The minimum Gasteiger partial charge on any atom is -0.388 e. The summed E-state index contributed by atoms with van der Waals surface area (Å²) in [6.45, 7) is 1.57. The molecule has 1 amide bonds. The summed E-state index contributed by atoms with van der Waals surface area (Å²) in [4.78, 5) is 11.1. The van der Waals surface area contributed by atoms with Gasteiger partial charge in [-0.1, -0.05) is 30.3 Å². The van der Waals surface area contributed by atoms with Gasteiger partial charge in [0.25, 0.3) is 0 Å². The van der Waals surface area contributed by atoms with Gasteiger partial charge in [-0.2, -0.15) is 0 Å². The molecule has 0 aromatic heterocycles. The fourth-order valence-corrected chi connectivity index (χ4v) is 3.55. The third-order valence-electron chi connectivity index (χ3n) is 3.78. The van der Waals surface area contributed by atoms with Gasteiger partial charge in [0, 0.05) is 26.2 Å². The molecule has 1 unspecified atom stereocenters. The van der Waals surface area contributed by atoms with E-state index in [0.717, 1.165) is 5.56 Å². The summed E-state index contributed by atoms with van der Waals surface area (Å²) in [6, 6.07) is 15.1. The van der Waals surface area contributed by atoms with Crippen LogP contribution in [0.4, 0.5) is 5.69 Å². The monoisotopic (exact) mass is 362 g/mol. The van der Waals surface area contributed by atoms with E-state index >= 15 is 0 Å². The van der Waals surface area contributed by atoms with Gasteiger partial charge in [0.2, 0.25) is 15.9 Å². The Hall–Kier alpha value is -2.22. The molecule has 1 atom stereocenters. The summed E-state index contributed by atoms with van der Waals surface area (Å²) >= 11 is 0. The number of aliphatic hydroxyl groups is 1. The Bertz CT molecular complexity index is 805. The van der Waals surface area contributed by atoms with E-state index in [1.807, 2.05) is 18.2 Å². The number of hydrogen-bond acceptors (Lipinski definition) is 4. The Morgan fingerprint density at radius 1 is 1.12 bits per heavy atom. The van der Waals surface area contributed by atoms with Crippen molar-refractivity contribution in [3.63, 3.8) is 0 Å². The lowest BCUT2D eigenvalue weighted by Crippen LogP contribution is -2.29. The summed E-state index contributed by atoms with van der Waals surface area (Å²) < 4.78 is 26.4. The van der Waals surface area contributed by atoms with Crippen molar-refractivity contribution in [3.05, 3.63) is 60.2 Å². The molecule has 0 heterocycles. The fourth-order valence-electron chi connectivity index (χ4n) is 2.36. The average molecular weight is 362 g/mol. The molecule has 2 rings (SSSR count). The molecule has 25 heavy (non-hydrogen) atoms. The van der Waals surface area contributed by atoms with Gasteiger partial charge in [-0.05, 0) is 36.2 Å². The second kappa shape index (κ2) is 8.24. The predicted molar refractivity (Wildman–Crippen MR) is 96.6 cm³/mol. The molecule has 0 aliphatic carbocycles. The van der Waals surface area contributed by atoms with Crippen LogP contribution >= 0.6 is 0 Å². The SMILES string of the molecule is CC(=O)Nc1ccc(S(=O)(=O)N(C)CCC(O)c2ccccc2)cc1. The number of anilines is 1. The minimum absolute atomic E-state index is 0.137. The van der Waals surface area contributed by atoms with Crippen LogP contribution in [0.1, 0.15) is 25.0 Å². The molecular formula is C18H22N2O4S. The Kier molecular flexibility index (Phi) is 6.30. The van der Waals surface area contributed by atoms with Crippen molar-refractivity contribution in [1.29, 1.82) is 0 Å². The highest BCUT2D eigenvalue weighted by Crippen LogP contribution is 2.20. The van der Waals surface area contributed by atoms with E-state index in [2.05, 4.69) is 5.32 Å². The zero-order valence-corrected chi connectivity index (χ0v) is 15.0. The summed E-state index contributed by atoms with van der Waals surface area (Å²) in [5.41, 5.74) is 1.29. The van der Waals surface area contributed by atoms with E-state index in [-0.39, 0.29) is 17.3 Å². The van der Waals surface area contributed by atoms with Crippen LogP contribution in [0.3, 0.4) is 0 Å². The maximum absolute atomic E-state index is 12.6. The first-order chi connectivity index (χ1) is 11.8. The molecule has 6 nitrogen and oxygen atoms in total. The first kappa shape index (κ1) is 19.1. The van der Waals surface area contributed by atoms with Crippen molar-refractivity contribution in [2.24, 2.45) is 0 Å². The fraction of sp³-hybridized carbons (Fsp3) is 0.278. The Morgan fingerprint density at radius 3 is 2.28 bits per heavy atom. The number of amides is 1. The number of aliphatic hydroxyl groups excluding tert-OH is 1. The third-order valence-corrected chi connectivity index (χ3v) is 5.66. The lowest BCUT2D eigenvalue weighted by atomic mass is 10.1. The van der Waals surface area contributed by atoms with Crippen molar-refractivity contribution in [3.8, 4) is 0 Å². The summed E-state index contributed by atoms with van der Waals surface area (Å²) in [6.07, 6.45) is -0.426. The number of benzene rings is 2. The second-order valence-electron chi connectivity index (χ2n) is 5.75. The molecule has 2 N–H and O–H groups in total. The third kappa shape index (κ3) is 5.12. The van der Waals surface area contributed by atoms with E-state index in [1.165, 1.54) is 30.4 Å². The molecule has 0 fully saturated rings. The smallest absolute Gasteiger partial charge is 0.242 e. The van der Waals surface area contributed by atoms with Crippen LogP contribution in [0.5, 0.6) is 0 Å². The standard InChI is InChI=1S/C18H22N2O4S/c1-14(21)19-16-8-10-17(11-9-16)25(23,24)20(2)13-12-18(22)15-6-4-3-5-7-15/h3-11,18,22H,12-13H2,1-2H3,(H,19,21). The van der Waals surface area contributed by atoms with Crippen molar-refractivity contribution in [1.82, 2.24) is 4.31 Å². The number of rotatable bonds is 7. The van der Waals surface area contributed by atoms with Crippen molar-refractivity contribution >= 4 is 21.6 Å². The first-order valence-corrected chi connectivity index (χ1v) is 9.31. The van der Waals surface area contributed by atoms with Crippen LogP contribution in [-0.4, -0.2) is 37.3 Å². The van der Waals surface area contributed by atoms with Crippen molar-refractivity contribution < 1.29 is 18.3 Å². The summed E-state index contributed by atoms with van der Waals surface area (Å²) in [5, 5.41) is 12.8. The van der Waals surface area contributed by atoms with E-state index in [4.69, 9.17) is 0 Å². The van der Waals surface area contributed by atoms with E-state index in [9.17, 15) is 18.3 Å². The number of sulfonamides is 1. The average Bonchev–Trinajstić information content (AvgIpc) is 2.60. The van der Waals surface area contributed by atoms with E-state index < -0.39 is 16.1 Å². The Balaban J connectivity index is 2.02.